The number of pyridine rings is 1. The van der Waals surface area contributed by atoms with Crippen LogP contribution in [0.25, 0.3) is 11.0 Å². The first kappa shape index (κ1) is 13.8. The third-order valence-corrected chi connectivity index (χ3v) is 3.90. The molecule has 3 heterocycles. The molecule has 0 bridgehead atoms. The third-order valence-electron chi connectivity index (χ3n) is 3.90. The van der Waals surface area contributed by atoms with Gasteiger partial charge in [0.05, 0.1) is 11.9 Å². The van der Waals surface area contributed by atoms with Crippen LogP contribution in [-0.2, 0) is 27.2 Å². The summed E-state index contributed by atoms with van der Waals surface area (Å²) in [4.78, 5) is 4.49. The van der Waals surface area contributed by atoms with E-state index in [1.54, 1.807) is 0 Å². The first-order valence-electron chi connectivity index (χ1n) is 7.02. The largest absolute Gasteiger partial charge is 0.308 e. The molecule has 110 valence electrons. The Kier molecular flexibility index (Phi) is 3.47. The molecule has 1 N–H and O–H groups in total. The van der Waals surface area contributed by atoms with E-state index in [1.165, 1.54) is 16.8 Å². The second-order valence-corrected chi connectivity index (χ2v) is 5.41. The van der Waals surface area contributed by atoms with Crippen molar-refractivity contribution >= 4 is 11.0 Å². The minimum atomic E-state index is 0.783. The fourth-order valence-corrected chi connectivity index (χ4v) is 2.51. The van der Waals surface area contributed by atoms with E-state index >= 15 is 0 Å². The van der Waals surface area contributed by atoms with Gasteiger partial charge in [0, 0.05) is 50.0 Å². The number of hydrogen-bond acceptors (Lipinski definition) is 4. The van der Waals surface area contributed by atoms with Crippen LogP contribution in [-0.4, -0.2) is 24.5 Å². The van der Waals surface area contributed by atoms with Crippen LogP contribution in [0.5, 0.6) is 0 Å². The van der Waals surface area contributed by atoms with Gasteiger partial charge in [-0.1, -0.05) is 0 Å². The Balaban J connectivity index is 1.71. The lowest BCUT2D eigenvalue weighted by atomic mass is 10.2. The molecule has 0 aliphatic carbocycles. The number of nitrogens with zero attached hydrogens (tertiary/aromatic N) is 5. The van der Waals surface area contributed by atoms with Crippen molar-refractivity contribution in [2.45, 2.75) is 26.9 Å². The highest BCUT2D eigenvalue weighted by Crippen LogP contribution is 2.16. The first-order chi connectivity index (χ1) is 10.1. The highest BCUT2D eigenvalue weighted by Gasteiger charge is 2.07. The second-order valence-electron chi connectivity index (χ2n) is 5.41. The van der Waals surface area contributed by atoms with Gasteiger partial charge < -0.3 is 5.32 Å². The van der Waals surface area contributed by atoms with Crippen molar-refractivity contribution < 1.29 is 0 Å². The summed E-state index contributed by atoms with van der Waals surface area (Å²) >= 11 is 0. The normalized spacial score (nSPS) is 11.4. The summed E-state index contributed by atoms with van der Waals surface area (Å²) < 4.78 is 3.71. The molecule has 0 spiro atoms. The molecule has 0 saturated heterocycles. The SMILES string of the molecule is Cc1nn(C)c2ncc(CNCc3cnn(C)c3C)cc12. The highest BCUT2D eigenvalue weighted by atomic mass is 15.3. The van der Waals surface area contributed by atoms with Gasteiger partial charge in [0.2, 0.25) is 0 Å². The van der Waals surface area contributed by atoms with Crippen molar-refractivity contribution in [2.24, 2.45) is 14.1 Å². The van der Waals surface area contributed by atoms with Gasteiger partial charge >= 0.3 is 0 Å². The second kappa shape index (κ2) is 5.29. The molecule has 0 aliphatic rings. The lowest BCUT2D eigenvalue weighted by Crippen LogP contribution is -2.13. The zero-order chi connectivity index (χ0) is 15.0. The van der Waals surface area contributed by atoms with Crippen molar-refractivity contribution in [3.8, 4) is 0 Å². The zero-order valence-electron chi connectivity index (χ0n) is 12.9. The van der Waals surface area contributed by atoms with E-state index in [-0.39, 0.29) is 0 Å². The van der Waals surface area contributed by atoms with E-state index < -0.39 is 0 Å². The minimum Gasteiger partial charge on any atom is -0.308 e. The van der Waals surface area contributed by atoms with Crippen LogP contribution in [0.15, 0.2) is 18.5 Å². The van der Waals surface area contributed by atoms with Gasteiger partial charge in [0.1, 0.15) is 0 Å². The Morgan fingerprint density at radius 3 is 2.62 bits per heavy atom. The lowest BCUT2D eigenvalue weighted by molar-refractivity contribution is 0.683. The maximum atomic E-state index is 4.49. The van der Waals surface area contributed by atoms with E-state index in [4.69, 9.17) is 0 Å². The molecular weight excluding hydrogens is 264 g/mol. The monoisotopic (exact) mass is 284 g/mol. The van der Waals surface area contributed by atoms with Gasteiger partial charge in [-0.25, -0.2) is 4.98 Å². The maximum Gasteiger partial charge on any atom is 0.157 e. The zero-order valence-corrected chi connectivity index (χ0v) is 12.9. The smallest absolute Gasteiger partial charge is 0.157 e. The summed E-state index contributed by atoms with van der Waals surface area (Å²) in [7, 11) is 3.88. The summed E-state index contributed by atoms with van der Waals surface area (Å²) in [5.74, 6) is 0. The van der Waals surface area contributed by atoms with E-state index in [9.17, 15) is 0 Å². The van der Waals surface area contributed by atoms with Gasteiger partial charge in [-0.05, 0) is 25.5 Å². The maximum absolute atomic E-state index is 4.49. The topological polar surface area (TPSA) is 60.6 Å². The van der Waals surface area contributed by atoms with Crippen LogP contribution in [0.1, 0.15) is 22.5 Å². The summed E-state index contributed by atoms with van der Waals surface area (Å²) in [6.07, 6.45) is 3.82. The number of aromatic nitrogens is 5. The summed E-state index contributed by atoms with van der Waals surface area (Å²) in [6.45, 7) is 5.69. The molecule has 3 aromatic heterocycles. The van der Waals surface area contributed by atoms with Crippen LogP contribution < -0.4 is 5.32 Å². The number of hydrogen-bond donors (Lipinski definition) is 1. The van der Waals surface area contributed by atoms with Gasteiger partial charge in [0.25, 0.3) is 0 Å². The quantitative estimate of drug-likeness (QED) is 0.790. The molecule has 0 fully saturated rings. The van der Waals surface area contributed by atoms with Gasteiger partial charge in [-0.3, -0.25) is 9.36 Å². The number of rotatable bonds is 4. The van der Waals surface area contributed by atoms with Crippen LogP contribution in [0.3, 0.4) is 0 Å². The minimum absolute atomic E-state index is 0.783. The number of fused-ring (bicyclic) bond motifs is 1. The fourth-order valence-electron chi connectivity index (χ4n) is 2.51. The summed E-state index contributed by atoms with van der Waals surface area (Å²) in [6, 6.07) is 2.16. The predicted octanol–water partition coefficient (Wildman–Crippen LogP) is 1.61. The molecule has 0 aromatic carbocycles. The molecule has 0 atom stereocenters. The summed E-state index contributed by atoms with van der Waals surface area (Å²) in [5, 5.41) is 13.2. The Labute approximate surface area is 123 Å². The molecule has 0 radical (unpaired) electrons. The van der Waals surface area contributed by atoms with Gasteiger partial charge in [0.15, 0.2) is 5.65 Å². The van der Waals surface area contributed by atoms with Crippen molar-refractivity contribution in [3.63, 3.8) is 0 Å². The van der Waals surface area contributed by atoms with Crippen molar-refractivity contribution in [3.05, 3.63) is 41.0 Å². The van der Waals surface area contributed by atoms with Crippen LogP contribution in [0.4, 0.5) is 0 Å². The first-order valence-corrected chi connectivity index (χ1v) is 7.02. The van der Waals surface area contributed by atoms with Crippen molar-refractivity contribution in [2.75, 3.05) is 0 Å². The Morgan fingerprint density at radius 2 is 1.90 bits per heavy atom. The number of nitrogens with one attached hydrogen (secondary N) is 1. The lowest BCUT2D eigenvalue weighted by Gasteiger charge is -2.05. The van der Waals surface area contributed by atoms with Crippen molar-refractivity contribution in [1.29, 1.82) is 0 Å². The van der Waals surface area contributed by atoms with Crippen LogP contribution >= 0.6 is 0 Å². The van der Waals surface area contributed by atoms with E-state index in [2.05, 4.69) is 33.5 Å². The van der Waals surface area contributed by atoms with E-state index in [0.29, 0.717) is 0 Å². The Morgan fingerprint density at radius 1 is 1.10 bits per heavy atom. The molecule has 0 unspecified atom stereocenters. The fraction of sp³-hybridized carbons (Fsp3) is 0.400. The molecule has 0 saturated carbocycles. The average Bonchev–Trinajstić information content (AvgIpc) is 2.93. The Bertz CT molecular complexity index is 783. The summed E-state index contributed by atoms with van der Waals surface area (Å²) in [5.41, 5.74) is 5.53. The molecule has 0 aliphatic heterocycles. The van der Waals surface area contributed by atoms with Gasteiger partial charge in [-0.15, -0.1) is 0 Å². The van der Waals surface area contributed by atoms with Crippen molar-refractivity contribution in [1.82, 2.24) is 29.9 Å². The molecule has 3 rings (SSSR count). The highest BCUT2D eigenvalue weighted by molar-refractivity contribution is 5.78. The molecular formula is C15H20N6. The molecule has 6 nitrogen and oxygen atoms in total. The third kappa shape index (κ3) is 2.54. The standard InChI is InChI=1S/C15H20N6/c1-10-14-5-12(7-17-15(14)21(4)19-10)6-16-8-13-9-18-20(3)11(13)2/h5,7,9,16H,6,8H2,1-4H3. The molecule has 6 heteroatoms. The van der Waals surface area contributed by atoms with Gasteiger partial charge in [-0.2, -0.15) is 10.2 Å². The molecule has 21 heavy (non-hydrogen) atoms. The molecule has 0 amide bonds. The van der Waals surface area contributed by atoms with Crippen LogP contribution in [0, 0.1) is 13.8 Å². The Hall–Kier alpha value is -2.21. The van der Waals surface area contributed by atoms with Crippen LogP contribution in [0.2, 0.25) is 0 Å². The van der Waals surface area contributed by atoms with E-state index in [1.807, 2.05) is 42.8 Å². The predicted molar refractivity (Wildman–Crippen MR) is 81.7 cm³/mol. The number of aryl methyl sites for hydroxylation is 3. The average molecular weight is 284 g/mol. The molecule has 3 aromatic rings. The van der Waals surface area contributed by atoms with E-state index in [0.717, 1.165) is 29.8 Å².